The number of aromatic nitrogens is 7. The first-order valence-electron chi connectivity index (χ1n) is 12.6. The molecule has 39 heavy (non-hydrogen) atoms. The lowest BCUT2D eigenvalue weighted by Crippen LogP contribution is -2.26. The number of fused-ring (bicyclic) bond motifs is 4. The summed E-state index contributed by atoms with van der Waals surface area (Å²) in [6.07, 6.45) is 4.07. The van der Waals surface area contributed by atoms with E-state index >= 15 is 4.39 Å². The van der Waals surface area contributed by atoms with Gasteiger partial charge in [0.2, 0.25) is 0 Å². The lowest BCUT2D eigenvalue weighted by molar-refractivity contribution is 0.306. The molecule has 0 bridgehead atoms. The van der Waals surface area contributed by atoms with Crippen LogP contribution in [0.4, 0.5) is 10.1 Å². The largest absolute Gasteiger partial charge is 0.486 e. The first-order valence-corrected chi connectivity index (χ1v) is 13.0. The second kappa shape index (κ2) is 8.24. The Hall–Kier alpha value is -4.51. The predicted molar refractivity (Wildman–Crippen MR) is 141 cm³/mol. The van der Waals surface area contributed by atoms with Crippen molar-refractivity contribution in [1.82, 2.24) is 34.7 Å². The molecule has 12 heteroatoms. The Morgan fingerprint density at radius 2 is 2.05 bits per heavy atom. The van der Waals surface area contributed by atoms with E-state index < -0.39 is 5.82 Å². The normalized spacial score (nSPS) is 20.5. The quantitative estimate of drug-likeness (QED) is 0.350. The van der Waals surface area contributed by atoms with E-state index in [-0.39, 0.29) is 29.2 Å². The molecule has 3 unspecified atom stereocenters. The third-order valence-electron chi connectivity index (χ3n) is 7.79. The molecule has 0 radical (unpaired) electrons. The van der Waals surface area contributed by atoms with Crippen LogP contribution in [0.3, 0.4) is 0 Å². The van der Waals surface area contributed by atoms with Gasteiger partial charge in [0.05, 0.1) is 29.3 Å². The second-order valence-corrected chi connectivity index (χ2v) is 10.4. The highest BCUT2D eigenvalue weighted by molar-refractivity contribution is 6.31. The maximum Gasteiger partial charge on any atom is 0.252 e. The van der Waals surface area contributed by atoms with Crippen molar-refractivity contribution in [2.24, 2.45) is 5.92 Å². The molecule has 8 rings (SSSR count). The van der Waals surface area contributed by atoms with Crippen LogP contribution in [0.15, 0.2) is 59.8 Å². The van der Waals surface area contributed by atoms with Gasteiger partial charge < -0.3 is 19.6 Å². The molecule has 5 aromatic rings. The van der Waals surface area contributed by atoms with Gasteiger partial charge in [0.25, 0.3) is 5.56 Å². The van der Waals surface area contributed by atoms with E-state index in [9.17, 15) is 4.79 Å². The van der Waals surface area contributed by atoms with Crippen LogP contribution >= 0.6 is 11.6 Å². The molecule has 0 amide bonds. The highest BCUT2D eigenvalue weighted by Gasteiger charge is 2.54. The zero-order chi connectivity index (χ0) is 26.2. The van der Waals surface area contributed by atoms with Crippen molar-refractivity contribution in [2.75, 3.05) is 18.5 Å². The molecule has 10 nitrogen and oxygen atoms in total. The van der Waals surface area contributed by atoms with Crippen molar-refractivity contribution in [1.29, 1.82) is 0 Å². The number of tetrazole rings is 1. The van der Waals surface area contributed by atoms with Crippen LogP contribution in [0.5, 0.6) is 5.75 Å². The first-order chi connectivity index (χ1) is 19.1. The topological polar surface area (TPSA) is 116 Å². The van der Waals surface area contributed by atoms with Gasteiger partial charge in [0.1, 0.15) is 18.8 Å². The van der Waals surface area contributed by atoms with E-state index in [1.165, 1.54) is 6.33 Å². The summed E-state index contributed by atoms with van der Waals surface area (Å²) in [5, 5.41) is 15.2. The number of hydrogen-bond acceptors (Lipinski definition) is 7. The minimum Gasteiger partial charge on any atom is -0.486 e. The van der Waals surface area contributed by atoms with Crippen LogP contribution < -0.4 is 15.6 Å². The molecule has 3 atom stereocenters. The summed E-state index contributed by atoms with van der Waals surface area (Å²) in [6.45, 7) is 1.04. The molecule has 1 fully saturated rings. The van der Waals surface area contributed by atoms with Crippen LogP contribution in [0.2, 0.25) is 5.02 Å². The number of benzene rings is 2. The summed E-state index contributed by atoms with van der Waals surface area (Å²) >= 11 is 6.33. The fourth-order valence-corrected chi connectivity index (χ4v) is 6.15. The molecule has 1 saturated carbocycles. The standard InChI is InChI=1S/C27H20ClFN8O2/c28-14-1-4-21(36-12-32-34-35-36)16(9-14)13-7-22-17-10-18(17)25(37(22)23(38)8-13)27-31-11-20(33-27)15-2-3-19-26(24(15)29)39-6-5-30-19/h1-4,7-9,11-12,17-18,25,30H,5-6,10H2,(H,31,33). The molecule has 2 N–H and O–H groups in total. The minimum atomic E-state index is -0.437. The molecular weight excluding hydrogens is 523 g/mol. The highest BCUT2D eigenvalue weighted by Crippen LogP contribution is 2.60. The molecule has 0 saturated heterocycles. The summed E-state index contributed by atoms with van der Waals surface area (Å²) < 4.78 is 24.2. The molecule has 0 spiro atoms. The van der Waals surface area contributed by atoms with Crippen LogP contribution in [-0.4, -0.2) is 47.9 Å². The SMILES string of the molecule is O=c1cc(-c2cc(Cl)ccc2-n2cnnn2)cc2n1C(c1ncc(-c3ccc4c(c3F)OCCN4)[nH]1)C1CC21. The molecule has 2 aromatic carbocycles. The highest BCUT2D eigenvalue weighted by atomic mass is 35.5. The van der Waals surface area contributed by atoms with Crippen molar-refractivity contribution in [3.05, 3.63) is 87.7 Å². The fraction of sp³-hybridized carbons (Fsp3) is 0.222. The fourth-order valence-electron chi connectivity index (χ4n) is 5.98. The van der Waals surface area contributed by atoms with Crippen molar-refractivity contribution >= 4 is 17.3 Å². The zero-order valence-corrected chi connectivity index (χ0v) is 21.1. The molecule has 5 heterocycles. The average Bonchev–Trinajstić information content (AvgIpc) is 3.28. The van der Waals surface area contributed by atoms with Crippen molar-refractivity contribution < 1.29 is 9.13 Å². The number of nitrogens with one attached hydrogen (secondary N) is 2. The first kappa shape index (κ1) is 22.5. The number of anilines is 1. The average molecular weight is 543 g/mol. The third kappa shape index (κ3) is 3.42. The van der Waals surface area contributed by atoms with Crippen LogP contribution in [0, 0.1) is 11.7 Å². The summed E-state index contributed by atoms with van der Waals surface area (Å²) in [4.78, 5) is 21.5. The van der Waals surface area contributed by atoms with Crippen LogP contribution in [0.1, 0.15) is 29.9 Å². The van der Waals surface area contributed by atoms with Gasteiger partial charge >= 0.3 is 0 Å². The van der Waals surface area contributed by atoms with Gasteiger partial charge in [-0.2, -0.15) is 4.68 Å². The lowest BCUT2D eigenvalue weighted by atomic mass is 10.0. The maximum absolute atomic E-state index is 15.3. The number of ether oxygens (including phenoxy) is 1. The van der Waals surface area contributed by atoms with Gasteiger partial charge in [-0.3, -0.25) is 4.79 Å². The summed E-state index contributed by atoms with van der Waals surface area (Å²) in [6, 6.07) is 12.3. The van der Waals surface area contributed by atoms with Crippen LogP contribution in [0.25, 0.3) is 28.1 Å². The molecular formula is C27H20ClFN8O2. The molecule has 194 valence electrons. The third-order valence-corrected chi connectivity index (χ3v) is 8.03. The number of halogens is 2. The Balaban J connectivity index is 1.19. The zero-order valence-electron chi connectivity index (χ0n) is 20.3. The van der Waals surface area contributed by atoms with E-state index in [1.54, 1.807) is 35.1 Å². The van der Waals surface area contributed by atoms with E-state index in [0.29, 0.717) is 40.9 Å². The number of H-pyrrole nitrogens is 1. The van der Waals surface area contributed by atoms with Crippen LogP contribution in [-0.2, 0) is 0 Å². The predicted octanol–water partition coefficient (Wildman–Crippen LogP) is 4.18. The molecule has 3 aromatic heterocycles. The van der Waals surface area contributed by atoms with Gasteiger partial charge in [-0.15, -0.1) is 5.10 Å². The van der Waals surface area contributed by atoms with Gasteiger partial charge in [-0.05, 0) is 64.7 Å². The van der Waals surface area contributed by atoms with Crippen molar-refractivity contribution in [3.63, 3.8) is 0 Å². The number of imidazole rings is 1. The summed E-state index contributed by atoms with van der Waals surface area (Å²) in [5.41, 5.74) is 4.59. The Morgan fingerprint density at radius 3 is 2.92 bits per heavy atom. The van der Waals surface area contributed by atoms with E-state index in [4.69, 9.17) is 16.3 Å². The number of hydrogen-bond donors (Lipinski definition) is 2. The molecule has 3 aliphatic rings. The number of nitrogens with zero attached hydrogens (tertiary/aromatic N) is 6. The van der Waals surface area contributed by atoms with Gasteiger partial charge in [0, 0.05) is 40.4 Å². The summed E-state index contributed by atoms with van der Waals surface area (Å²) in [7, 11) is 0. The Morgan fingerprint density at radius 1 is 1.13 bits per heavy atom. The van der Waals surface area contributed by atoms with E-state index in [0.717, 1.165) is 28.9 Å². The minimum absolute atomic E-state index is 0.139. The van der Waals surface area contributed by atoms with Crippen molar-refractivity contribution in [2.45, 2.75) is 18.4 Å². The second-order valence-electron chi connectivity index (χ2n) is 10.0. The Bertz CT molecular complexity index is 1830. The Labute approximate surface area is 225 Å². The lowest BCUT2D eigenvalue weighted by Gasteiger charge is -2.20. The van der Waals surface area contributed by atoms with E-state index in [2.05, 4.69) is 30.8 Å². The Kier molecular flexibility index (Phi) is 4.75. The smallest absolute Gasteiger partial charge is 0.252 e. The number of pyridine rings is 1. The number of aromatic amines is 1. The van der Waals surface area contributed by atoms with Crippen molar-refractivity contribution in [3.8, 4) is 33.8 Å². The maximum atomic E-state index is 15.3. The van der Waals surface area contributed by atoms with Gasteiger partial charge in [0.15, 0.2) is 11.6 Å². The molecule has 2 aliphatic heterocycles. The van der Waals surface area contributed by atoms with Gasteiger partial charge in [-0.25, -0.2) is 9.37 Å². The molecule has 1 aliphatic carbocycles. The van der Waals surface area contributed by atoms with Gasteiger partial charge in [-0.1, -0.05) is 11.6 Å². The monoisotopic (exact) mass is 542 g/mol. The number of rotatable bonds is 4. The summed E-state index contributed by atoms with van der Waals surface area (Å²) in [5.74, 6) is 0.902. The van der Waals surface area contributed by atoms with E-state index in [1.807, 2.05) is 22.8 Å².